The van der Waals surface area contributed by atoms with Gasteiger partial charge in [0.25, 0.3) is 0 Å². The Morgan fingerprint density at radius 1 is 1.06 bits per heavy atom. The van der Waals surface area contributed by atoms with Gasteiger partial charge in [0, 0.05) is 24.2 Å². The fraction of sp³-hybridized carbons (Fsp3) is 0.292. The largest absolute Gasteiger partial charge is 0.487 e. The quantitative estimate of drug-likeness (QED) is 0.268. The molecule has 0 aliphatic carbocycles. The highest BCUT2D eigenvalue weighted by atomic mass is 16.6. The van der Waals surface area contributed by atoms with Crippen LogP contribution in [0, 0.1) is 6.92 Å². The number of carbonyl (C=O) groups is 1. The minimum atomic E-state index is -0.498. The van der Waals surface area contributed by atoms with Gasteiger partial charge in [-0.1, -0.05) is 18.2 Å². The van der Waals surface area contributed by atoms with Crippen LogP contribution in [0.2, 0.25) is 0 Å². The van der Waals surface area contributed by atoms with Gasteiger partial charge < -0.3 is 18.6 Å². The Morgan fingerprint density at radius 2 is 1.84 bits per heavy atom. The van der Waals surface area contributed by atoms with Gasteiger partial charge in [-0.15, -0.1) is 0 Å². The number of rotatable bonds is 10. The van der Waals surface area contributed by atoms with Gasteiger partial charge in [0.05, 0.1) is 25.5 Å². The molecule has 0 fully saturated rings. The monoisotopic (exact) mass is 422 g/mol. The molecule has 0 bridgehead atoms. The van der Waals surface area contributed by atoms with Crippen molar-refractivity contribution >= 4 is 12.0 Å². The molecule has 0 radical (unpaired) electrons. The predicted octanol–water partition coefficient (Wildman–Crippen LogP) is 4.61. The van der Waals surface area contributed by atoms with Crippen LogP contribution in [0.15, 0.2) is 58.8 Å². The summed E-state index contributed by atoms with van der Waals surface area (Å²) < 4.78 is 21.9. The van der Waals surface area contributed by atoms with Gasteiger partial charge in [-0.05, 0) is 50.6 Å². The number of benzene rings is 1. The topological polar surface area (TPSA) is 83.7 Å². The summed E-state index contributed by atoms with van der Waals surface area (Å²) in [5, 5.41) is 0. The Labute approximate surface area is 181 Å². The molecular weight excluding hydrogens is 396 g/mol. The van der Waals surface area contributed by atoms with E-state index in [1.54, 1.807) is 31.3 Å². The first-order valence-corrected chi connectivity index (χ1v) is 10.2. The van der Waals surface area contributed by atoms with Crippen molar-refractivity contribution in [3.63, 3.8) is 0 Å². The number of ether oxygens (including phenoxy) is 3. The van der Waals surface area contributed by atoms with Gasteiger partial charge in [0.15, 0.2) is 0 Å². The second-order valence-electron chi connectivity index (χ2n) is 6.58. The molecule has 2 heterocycles. The van der Waals surface area contributed by atoms with Crippen LogP contribution in [0.3, 0.4) is 0 Å². The first kappa shape index (κ1) is 22.1. The summed E-state index contributed by atoms with van der Waals surface area (Å²) in [5.41, 5.74) is 2.51. The van der Waals surface area contributed by atoms with Gasteiger partial charge in [0.2, 0.25) is 17.5 Å². The van der Waals surface area contributed by atoms with Crippen LogP contribution in [0.25, 0.3) is 17.5 Å². The van der Waals surface area contributed by atoms with E-state index in [1.165, 1.54) is 0 Å². The van der Waals surface area contributed by atoms with Crippen LogP contribution in [0.4, 0.5) is 0 Å². The molecule has 31 heavy (non-hydrogen) atoms. The number of aryl methyl sites for hydroxylation is 1. The van der Waals surface area contributed by atoms with E-state index in [0.29, 0.717) is 37.0 Å². The number of esters is 1. The summed E-state index contributed by atoms with van der Waals surface area (Å²) in [5.74, 6) is 1.51. The van der Waals surface area contributed by atoms with Crippen molar-refractivity contribution in [3.8, 4) is 17.3 Å². The lowest BCUT2D eigenvalue weighted by Gasteiger charge is -2.08. The number of oxazole rings is 1. The molecule has 3 rings (SSSR count). The van der Waals surface area contributed by atoms with Crippen LogP contribution < -0.4 is 4.74 Å². The zero-order valence-electron chi connectivity index (χ0n) is 18.0. The van der Waals surface area contributed by atoms with Gasteiger partial charge in [-0.2, -0.15) is 0 Å². The fourth-order valence-electron chi connectivity index (χ4n) is 2.85. The van der Waals surface area contributed by atoms with Crippen molar-refractivity contribution in [2.24, 2.45) is 0 Å². The Morgan fingerprint density at radius 3 is 2.52 bits per heavy atom. The molecule has 0 amide bonds. The van der Waals surface area contributed by atoms with E-state index >= 15 is 0 Å². The maximum atomic E-state index is 11.9. The highest BCUT2D eigenvalue weighted by molar-refractivity contribution is 5.91. The van der Waals surface area contributed by atoms with Crippen molar-refractivity contribution in [2.45, 2.75) is 27.2 Å². The van der Waals surface area contributed by atoms with Crippen molar-refractivity contribution in [1.29, 1.82) is 0 Å². The standard InChI is InChI=1S/C24H26N2O5/c1-4-28-21(24(27)29-5-2)15-18-11-12-22(25-16-18)30-14-13-20-17(3)31-23(26-20)19-9-7-6-8-10-19/h6-12,15-16H,4-5,13-14H2,1-3H3/b21-15-. The SMILES string of the molecule is CCOC(=O)/C(=C/c1ccc(OCCc2nc(-c3ccccc3)oc2C)nc1)OCC. The van der Waals surface area contributed by atoms with Gasteiger partial charge >= 0.3 is 5.97 Å². The molecule has 7 heteroatoms. The summed E-state index contributed by atoms with van der Waals surface area (Å²) >= 11 is 0. The van der Waals surface area contributed by atoms with E-state index < -0.39 is 5.97 Å². The second-order valence-corrected chi connectivity index (χ2v) is 6.58. The minimum absolute atomic E-state index is 0.149. The third kappa shape index (κ3) is 6.18. The summed E-state index contributed by atoms with van der Waals surface area (Å²) in [4.78, 5) is 20.8. The molecule has 0 unspecified atom stereocenters. The Bertz CT molecular complexity index is 1010. The van der Waals surface area contributed by atoms with Crippen LogP contribution in [-0.4, -0.2) is 35.8 Å². The van der Waals surface area contributed by atoms with Gasteiger partial charge in [-0.25, -0.2) is 14.8 Å². The van der Waals surface area contributed by atoms with E-state index in [2.05, 4.69) is 9.97 Å². The number of nitrogens with zero attached hydrogens (tertiary/aromatic N) is 2. The average Bonchev–Trinajstić information content (AvgIpc) is 3.16. The van der Waals surface area contributed by atoms with E-state index in [1.807, 2.05) is 44.2 Å². The zero-order valence-corrected chi connectivity index (χ0v) is 18.0. The molecule has 0 aliphatic heterocycles. The van der Waals surface area contributed by atoms with E-state index in [0.717, 1.165) is 17.0 Å². The van der Waals surface area contributed by atoms with E-state index in [-0.39, 0.29) is 12.4 Å². The lowest BCUT2D eigenvalue weighted by atomic mass is 10.2. The van der Waals surface area contributed by atoms with Gasteiger partial charge in [-0.3, -0.25) is 0 Å². The minimum Gasteiger partial charge on any atom is -0.487 e. The van der Waals surface area contributed by atoms with Crippen molar-refractivity contribution in [3.05, 3.63) is 71.4 Å². The van der Waals surface area contributed by atoms with Crippen LogP contribution in [0.1, 0.15) is 30.9 Å². The van der Waals surface area contributed by atoms with Crippen LogP contribution in [-0.2, 0) is 20.7 Å². The first-order valence-electron chi connectivity index (χ1n) is 10.2. The maximum absolute atomic E-state index is 11.9. The lowest BCUT2D eigenvalue weighted by molar-refractivity contribution is -0.142. The number of aromatic nitrogens is 2. The lowest BCUT2D eigenvalue weighted by Crippen LogP contribution is -2.10. The average molecular weight is 422 g/mol. The maximum Gasteiger partial charge on any atom is 0.373 e. The fourth-order valence-corrected chi connectivity index (χ4v) is 2.85. The number of hydrogen-bond acceptors (Lipinski definition) is 7. The Balaban J connectivity index is 1.58. The Kier molecular flexibility index (Phi) is 7.81. The van der Waals surface area contributed by atoms with Crippen LogP contribution in [0.5, 0.6) is 5.88 Å². The molecule has 0 N–H and O–H groups in total. The van der Waals surface area contributed by atoms with Crippen molar-refractivity contribution < 1.29 is 23.4 Å². The third-order valence-corrected chi connectivity index (χ3v) is 4.34. The number of pyridine rings is 1. The van der Waals surface area contributed by atoms with E-state index in [4.69, 9.17) is 18.6 Å². The highest BCUT2D eigenvalue weighted by Gasteiger charge is 2.13. The normalized spacial score (nSPS) is 11.3. The number of hydrogen-bond donors (Lipinski definition) is 0. The first-order chi connectivity index (χ1) is 15.1. The van der Waals surface area contributed by atoms with Gasteiger partial charge in [0.1, 0.15) is 5.76 Å². The predicted molar refractivity (Wildman–Crippen MR) is 116 cm³/mol. The third-order valence-electron chi connectivity index (χ3n) is 4.34. The second kappa shape index (κ2) is 11.0. The molecule has 0 atom stereocenters. The van der Waals surface area contributed by atoms with E-state index in [9.17, 15) is 4.79 Å². The molecular formula is C24H26N2O5. The van der Waals surface area contributed by atoms with Crippen molar-refractivity contribution in [1.82, 2.24) is 9.97 Å². The number of carbonyl (C=O) groups excluding carboxylic acids is 1. The van der Waals surface area contributed by atoms with Crippen molar-refractivity contribution in [2.75, 3.05) is 19.8 Å². The summed E-state index contributed by atoms with van der Waals surface area (Å²) in [6.45, 7) is 6.52. The molecule has 0 aliphatic rings. The molecule has 2 aromatic heterocycles. The molecule has 1 aromatic carbocycles. The molecule has 162 valence electrons. The molecule has 3 aromatic rings. The molecule has 0 saturated carbocycles. The zero-order chi connectivity index (χ0) is 22.1. The van der Waals surface area contributed by atoms with Crippen LogP contribution >= 0.6 is 0 Å². The highest BCUT2D eigenvalue weighted by Crippen LogP contribution is 2.22. The summed E-state index contributed by atoms with van der Waals surface area (Å²) in [6.07, 6.45) is 3.81. The molecule has 0 spiro atoms. The summed E-state index contributed by atoms with van der Waals surface area (Å²) in [7, 11) is 0. The summed E-state index contributed by atoms with van der Waals surface area (Å²) in [6, 6.07) is 13.3. The molecule has 0 saturated heterocycles. The smallest absolute Gasteiger partial charge is 0.373 e. The Hall–Kier alpha value is -3.61. The molecule has 7 nitrogen and oxygen atoms in total.